The third-order valence-electron chi connectivity index (χ3n) is 10.4. The quantitative estimate of drug-likeness (QED) is 0.304. The Morgan fingerprint density at radius 2 is 1.88 bits per heavy atom. The van der Waals surface area contributed by atoms with Crippen molar-refractivity contribution in [2.45, 2.75) is 60.4 Å². The first kappa shape index (κ1) is 19.8. The second-order valence-electron chi connectivity index (χ2n) is 11.3. The van der Waals surface area contributed by atoms with Gasteiger partial charge in [-0.05, 0) is 43.6 Å². The van der Waals surface area contributed by atoms with E-state index in [1.165, 1.54) is 18.7 Å². The first-order valence-corrected chi connectivity index (χ1v) is 12.0. The standard InChI is InChI=1S/C22H24O9S/c1-8-5-18-6-19(8,27)4-3-9(18)21-11(10(18)14(23)24)17(2,15(25)30-21)22(29)12-13(21)32-7-20(12,28)16(26)31-22/h9-13,27-29H,1,3-7H2,2H3,(H,23,24). The van der Waals surface area contributed by atoms with Gasteiger partial charge in [0.2, 0.25) is 5.79 Å². The van der Waals surface area contributed by atoms with Crippen molar-refractivity contribution in [3.8, 4) is 0 Å². The van der Waals surface area contributed by atoms with Gasteiger partial charge in [0.15, 0.2) is 5.60 Å². The number of rotatable bonds is 1. The number of carbonyl (C=O) groups excluding carboxylic acids is 2. The summed E-state index contributed by atoms with van der Waals surface area (Å²) in [5, 5.41) is 44.1. The summed E-state index contributed by atoms with van der Waals surface area (Å²) in [5.41, 5.74) is -6.60. The van der Waals surface area contributed by atoms with E-state index in [9.17, 15) is 34.8 Å². The Balaban J connectivity index is 1.55. The van der Waals surface area contributed by atoms with Crippen molar-refractivity contribution in [2.75, 3.05) is 5.75 Å². The number of aliphatic carboxylic acids is 1. The van der Waals surface area contributed by atoms with Gasteiger partial charge in [0, 0.05) is 17.6 Å². The molecule has 7 aliphatic rings. The summed E-state index contributed by atoms with van der Waals surface area (Å²) in [6.07, 6.45) is 1.30. The first-order chi connectivity index (χ1) is 14.8. The molecule has 0 radical (unpaired) electrons. The summed E-state index contributed by atoms with van der Waals surface area (Å²) in [6, 6.07) is 0. The van der Waals surface area contributed by atoms with Crippen LogP contribution in [0.15, 0.2) is 12.2 Å². The lowest BCUT2D eigenvalue weighted by Crippen LogP contribution is -2.69. The average molecular weight is 464 g/mol. The smallest absolute Gasteiger partial charge is 0.342 e. The van der Waals surface area contributed by atoms with Crippen molar-refractivity contribution in [3.05, 3.63) is 12.2 Å². The molecule has 4 N–H and O–H groups in total. The first-order valence-electron chi connectivity index (χ1n) is 11.0. The number of esters is 2. The van der Waals surface area contributed by atoms with Crippen LogP contribution in [0, 0.1) is 34.5 Å². The Kier molecular flexibility index (Phi) is 3.04. The molecule has 0 aromatic carbocycles. The molecule has 32 heavy (non-hydrogen) atoms. The molecule has 7 rings (SSSR count). The van der Waals surface area contributed by atoms with Gasteiger partial charge in [-0.15, -0.1) is 0 Å². The van der Waals surface area contributed by atoms with E-state index in [0.717, 1.165) is 0 Å². The molecule has 0 aromatic rings. The normalized spacial score (nSPS) is 63.0. The van der Waals surface area contributed by atoms with Crippen molar-refractivity contribution in [1.29, 1.82) is 0 Å². The molecule has 11 unspecified atom stereocenters. The summed E-state index contributed by atoms with van der Waals surface area (Å²) >= 11 is 1.24. The molecular weight excluding hydrogens is 440 g/mol. The summed E-state index contributed by atoms with van der Waals surface area (Å²) in [4.78, 5) is 39.1. The topological polar surface area (TPSA) is 151 Å². The number of hydrogen-bond donors (Lipinski definition) is 4. The Bertz CT molecular complexity index is 1080. The van der Waals surface area contributed by atoms with Crippen molar-refractivity contribution >= 4 is 29.7 Å². The van der Waals surface area contributed by atoms with Crippen LogP contribution in [0.25, 0.3) is 0 Å². The third-order valence-corrected chi connectivity index (χ3v) is 12.0. The highest BCUT2D eigenvalue weighted by molar-refractivity contribution is 8.00. The molecule has 4 saturated carbocycles. The van der Waals surface area contributed by atoms with E-state index < -0.39 is 80.2 Å². The summed E-state index contributed by atoms with van der Waals surface area (Å²) < 4.78 is 11.6. The lowest BCUT2D eigenvalue weighted by Gasteiger charge is -2.53. The number of thioether (sulfide) groups is 1. The molecule has 0 amide bonds. The number of hydrogen-bond acceptors (Lipinski definition) is 9. The lowest BCUT2D eigenvalue weighted by atomic mass is 9.52. The highest BCUT2D eigenvalue weighted by Crippen LogP contribution is 2.83. The predicted molar refractivity (Wildman–Crippen MR) is 106 cm³/mol. The summed E-state index contributed by atoms with van der Waals surface area (Å²) in [6.45, 7) is 5.47. The predicted octanol–water partition coefficient (Wildman–Crippen LogP) is -0.182. The van der Waals surface area contributed by atoms with E-state index in [4.69, 9.17) is 9.47 Å². The third kappa shape index (κ3) is 1.52. The molecule has 3 saturated heterocycles. The second-order valence-corrected chi connectivity index (χ2v) is 12.4. The van der Waals surface area contributed by atoms with Gasteiger partial charge < -0.3 is 29.9 Å². The van der Waals surface area contributed by atoms with Crippen LogP contribution in [0.5, 0.6) is 0 Å². The number of ether oxygens (including phenoxy) is 2. The fourth-order valence-electron chi connectivity index (χ4n) is 9.38. The molecule has 1 spiro atoms. The Labute approximate surface area is 187 Å². The maximum atomic E-state index is 13.5. The van der Waals surface area contributed by atoms with Crippen molar-refractivity contribution in [2.24, 2.45) is 34.5 Å². The van der Waals surface area contributed by atoms with Crippen LogP contribution in [-0.2, 0) is 23.9 Å². The Morgan fingerprint density at radius 1 is 1.16 bits per heavy atom. The van der Waals surface area contributed by atoms with Crippen LogP contribution in [0.3, 0.4) is 0 Å². The van der Waals surface area contributed by atoms with Crippen molar-refractivity contribution in [1.82, 2.24) is 0 Å². The van der Waals surface area contributed by atoms with Gasteiger partial charge in [0.25, 0.3) is 0 Å². The van der Waals surface area contributed by atoms with Gasteiger partial charge in [-0.3, -0.25) is 9.59 Å². The van der Waals surface area contributed by atoms with Crippen LogP contribution in [0.1, 0.15) is 32.6 Å². The molecule has 7 fully saturated rings. The number of carbonyl (C=O) groups is 3. The molecule has 10 heteroatoms. The zero-order valence-corrected chi connectivity index (χ0v) is 18.2. The van der Waals surface area contributed by atoms with Crippen LogP contribution in [-0.4, -0.2) is 71.9 Å². The van der Waals surface area contributed by atoms with Gasteiger partial charge in [-0.1, -0.05) is 6.58 Å². The number of aliphatic hydroxyl groups is 3. The molecular formula is C22H24O9S. The molecule has 11 atom stereocenters. The maximum absolute atomic E-state index is 13.5. The van der Waals surface area contributed by atoms with Crippen LogP contribution < -0.4 is 0 Å². The molecule has 172 valence electrons. The van der Waals surface area contributed by atoms with Gasteiger partial charge >= 0.3 is 17.9 Å². The van der Waals surface area contributed by atoms with Crippen molar-refractivity contribution < 1.29 is 44.3 Å². The van der Waals surface area contributed by atoms with E-state index in [1.54, 1.807) is 0 Å². The van der Waals surface area contributed by atoms with E-state index in [2.05, 4.69) is 6.58 Å². The summed E-state index contributed by atoms with van der Waals surface area (Å²) in [5.74, 6) is -8.94. The SMILES string of the molecule is C=C1CC23CC1(O)CCC2C12OC(=O)C(C)(C1C3C(=O)O)C1(O)OC(=O)C3(O)CSC2C31. The van der Waals surface area contributed by atoms with Gasteiger partial charge in [0.1, 0.15) is 11.0 Å². The van der Waals surface area contributed by atoms with Crippen LogP contribution >= 0.6 is 11.8 Å². The highest BCUT2D eigenvalue weighted by Gasteiger charge is 2.95. The number of fused-ring (bicyclic) bond motifs is 2. The highest BCUT2D eigenvalue weighted by atomic mass is 32.2. The van der Waals surface area contributed by atoms with E-state index in [1.807, 2.05) is 0 Å². The molecule has 9 nitrogen and oxygen atoms in total. The van der Waals surface area contributed by atoms with E-state index in [-0.39, 0.29) is 12.2 Å². The lowest BCUT2D eigenvalue weighted by molar-refractivity contribution is -0.281. The Morgan fingerprint density at radius 3 is 2.56 bits per heavy atom. The van der Waals surface area contributed by atoms with Crippen LogP contribution in [0.2, 0.25) is 0 Å². The molecule has 4 bridgehead atoms. The van der Waals surface area contributed by atoms with Gasteiger partial charge in [-0.25, -0.2) is 4.79 Å². The molecule has 3 heterocycles. The zero-order valence-electron chi connectivity index (χ0n) is 17.4. The molecule has 4 aliphatic carbocycles. The van der Waals surface area contributed by atoms with Crippen LogP contribution in [0.4, 0.5) is 0 Å². The monoisotopic (exact) mass is 464 g/mol. The van der Waals surface area contributed by atoms with Gasteiger partial charge in [-0.2, -0.15) is 11.8 Å². The van der Waals surface area contributed by atoms with E-state index >= 15 is 0 Å². The Hall–Kier alpha value is -1.62. The molecule has 3 aliphatic heterocycles. The minimum absolute atomic E-state index is 0.0281. The van der Waals surface area contributed by atoms with Crippen molar-refractivity contribution in [3.63, 3.8) is 0 Å². The molecule has 0 aromatic heterocycles. The largest absolute Gasteiger partial charge is 0.481 e. The van der Waals surface area contributed by atoms with E-state index in [0.29, 0.717) is 24.8 Å². The number of carboxylic acid groups (broad SMARTS) is 1. The fraction of sp³-hybridized carbons (Fsp3) is 0.773. The minimum Gasteiger partial charge on any atom is -0.481 e. The van der Waals surface area contributed by atoms with Gasteiger partial charge in [0.05, 0.1) is 22.7 Å². The average Bonchev–Trinajstić information content (AvgIpc) is 3.35. The number of carboxylic acids is 1. The minimum atomic E-state index is -2.38. The zero-order chi connectivity index (χ0) is 22.9. The second kappa shape index (κ2) is 4.92. The fourth-order valence-corrected chi connectivity index (χ4v) is 11.3. The maximum Gasteiger partial charge on any atom is 0.342 e. The summed E-state index contributed by atoms with van der Waals surface area (Å²) in [7, 11) is 0.